The molecule has 1 aliphatic rings. The lowest BCUT2D eigenvalue weighted by atomic mass is 10.1. The molecule has 0 radical (unpaired) electrons. The zero-order valence-corrected chi connectivity index (χ0v) is 14.4. The van der Waals surface area contributed by atoms with Gasteiger partial charge in [-0.2, -0.15) is 0 Å². The number of urea groups is 1. The maximum atomic E-state index is 12.7. The molecular weight excluding hydrogens is 316 g/mol. The van der Waals surface area contributed by atoms with Crippen LogP contribution in [0.25, 0.3) is 0 Å². The number of piperazine rings is 1. The monoisotopic (exact) mass is 340 g/mol. The van der Waals surface area contributed by atoms with Crippen molar-refractivity contribution in [2.24, 2.45) is 0 Å². The summed E-state index contributed by atoms with van der Waals surface area (Å²) in [6.45, 7) is 4.60. The van der Waals surface area contributed by atoms with Crippen molar-refractivity contribution >= 4 is 6.03 Å². The van der Waals surface area contributed by atoms with Crippen LogP contribution in [0.1, 0.15) is 18.5 Å². The van der Waals surface area contributed by atoms with Crippen LogP contribution in [0.2, 0.25) is 0 Å². The Balaban J connectivity index is 1.59. The minimum absolute atomic E-state index is 0.0167. The number of nitrogens with zero attached hydrogens (tertiary/aromatic N) is 2. The van der Waals surface area contributed by atoms with E-state index >= 15 is 0 Å². The lowest BCUT2D eigenvalue weighted by Crippen LogP contribution is -2.58. The smallest absolute Gasteiger partial charge is 0.318 e. The average Bonchev–Trinajstić information content (AvgIpc) is 2.68. The van der Waals surface area contributed by atoms with Crippen LogP contribution in [0.15, 0.2) is 54.9 Å². The van der Waals surface area contributed by atoms with Crippen molar-refractivity contribution in [3.8, 4) is 5.75 Å². The number of ether oxygens (including phenoxy) is 1. The Labute approximate surface area is 148 Å². The molecule has 0 aliphatic carbocycles. The van der Waals surface area contributed by atoms with Crippen molar-refractivity contribution in [2.75, 3.05) is 26.2 Å². The molecule has 6 heteroatoms. The van der Waals surface area contributed by atoms with Crippen molar-refractivity contribution < 1.29 is 9.53 Å². The highest BCUT2D eigenvalue weighted by molar-refractivity contribution is 5.75. The summed E-state index contributed by atoms with van der Waals surface area (Å²) in [6, 6.07) is 13.6. The molecule has 0 bridgehead atoms. The lowest BCUT2D eigenvalue weighted by Gasteiger charge is -2.36. The molecular formula is C19H24N4O2. The van der Waals surface area contributed by atoms with Gasteiger partial charge in [0.05, 0.1) is 18.3 Å². The van der Waals surface area contributed by atoms with Crippen LogP contribution in [0, 0.1) is 0 Å². The summed E-state index contributed by atoms with van der Waals surface area (Å²) in [5, 5.41) is 6.41. The molecule has 3 rings (SSSR count). The largest absolute Gasteiger partial charge is 0.490 e. The third-order valence-corrected chi connectivity index (χ3v) is 4.33. The Hall–Kier alpha value is -2.60. The van der Waals surface area contributed by atoms with Crippen LogP contribution < -0.4 is 15.4 Å². The van der Waals surface area contributed by atoms with E-state index < -0.39 is 0 Å². The number of hydrogen-bond donors (Lipinski definition) is 2. The van der Waals surface area contributed by atoms with E-state index in [-0.39, 0.29) is 18.1 Å². The van der Waals surface area contributed by atoms with Gasteiger partial charge in [0.15, 0.2) is 0 Å². The van der Waals surface area contributed by atoms with Gasteiger partial charge in [0.25, 0.3) is 0 Å². The van der Waals surface area contributed by atoms with Crippen molar-refractivity contribution in [1.29, 1.82) is 0 Å². The molecule has 0 spiro atoms. The Kier molecular flexibility index (Phi) is 5.85. The summed E-state index contributed by atoms with van der Waals surface area (Å²) >= 11 is 0. The van der Waals surface area contributed by atoms with Crippen molar-refractivity contribution in [3.05, 3.63) is 60.4 Å². The van der Waals surface area contributed by atoms with Gasteiger partial charge in [0.1, 0.15) is 12.4 Å². The van der Waals surface area contributed by atoms with Crippen LogP contribution in [0.5, 0.6) is 5.75 Å². The number of pyridine rings is 1. The summed E-state index contributed by atoms with van der Waals surface area (Å²) in [5.74, 6) is 0.714. The second-order valence-electron chi connectivity index (χ2n) is 6.13. The molecule has 1 fully saturated rings. The molecule has 2 amide bonds. The first kappa shape index (κ1) is 17.2. The van der Waals surface area contributed by atoms with Gasteiger partial charge in [0, 0.05) is 25.8 Å². The molecule has 25 heavy (non-hydrogen) atoms. The molecule has 2 aromatic rings. The van der Waals surface area contributed by atoms with Gasteiger partial charge in [-0.3, -0.25) is 4.98 Å². The molecule has 1 aromatic carbocycles. The SMILES string of the molecule is C[C@H](NC(=O)N1CCNCC1COc1cccnc1)c1ccccc1. The number of rotatable bonds is 5. The molecule has 2 atom stereocenters. The molecule has 132 valence electrons. The maximum absolute atomic E-state index is 12.7. The number of nitrogens with one attached hydrogen (secondary N) is 2. The minimum atomic E-state index is -0.0577. The maximum Gasteiger partial charge on any atom is 0.318 e. The van der Waals surface area contributed by atoms with Crippen molar-refractivity contribution in [2.45, 2.75) is 19.0 Å². The fraction of sp³-hybridized carbons (Fsp3) is 0.368. The van der Waals surface area contributed by atoms with Crippen LogP contribution in [0.3, 0.4) is 0 Å². The molecule has 0 saturated carbocycles. The van der Waals surface area contributed by atoms with Crippen LogP contribution >= 0.6 is 0 Å². The van der Waals surface area contributed by atoms with E-state index in [0.717, 1.165) is 12.1 Å². The fourth-order valence-electron chi connectivity index (χ4n) is 2.90. The molecule has 6 nitrogen and oxygen atoms in total. The topological polar surface area (TPSA) is 66.5 Å². The highest BCUT2D eigenvalue weighted by atomic mass is 16.5. The van der Waals surface area contributed by atoms with Gasteiger partial charge < -0.3 is 20.3 Å². The Morgan fingerprint density at radius 3 is 2.96 bits per heavy atom. The molecule has 1 aliphatic heterocycles. The summed E-state index contributed by atoms with van der Waals surface area (Å²) < 4.78 is 5.79. The van der Waals surface area contributed by atoms with E-state index in [9.17, 15) is 4.79 Å². The average molecular weight is 340 g/mol. The summed E-state index contributed by atoms with van der Waals surface area (Å²) in [7, 11) is 0. The Morgan fingerprint density at radius 2 is 2.20 bits per heavy atom. The van der Waals surface area contributed by atoms with Gasteiger partial charge >= 0.3 is 6.03 Å². The van der Waals surface area contributed by atoms with Gasteiger partial charge in [-0.15, -0.1) is 0 Å². The molecule has 1 saturated heterocycles. The van der Waals surface area contributed by atoms with Crippen LogP contribution in [-0.2, 0) is 0 Å². The predicted octanol–water partition coefficient (Wildman–Crippen LogP) is 2.20. The number of aromatic nitrogens is 1. The zero-order valence-electron chi connectivity index (χ0n) is 14.4. The number of carbonyl (C=O) groups excluding carboxylic acids is 1. The molecule has 1 aromatic heterocycles. The molecule has 2 N–H and O–H groups in total. The predicted molar refractivity (Wildman–Crippen MR) is 96.5 cm³/mol. The van der Waals surface area contributed by atoms with Gasteiger partial charge in [-0.1, -0.05) is 30.3 Å². The first-order valence-electron chi connectivity index (χ1n) is 8.59. The number of benzene rings is 1. The van der Waals surface area contributed by atoms with E-state index in [1.807, 2.05) is 54.3 Å². The Bertz CT molecular complexity index is 666. The second-order valence-corrected chi connectivity index (χ2v) is 6.13. The summed E-state index contributed by atoms with van der Waals surface area (Å²) in [6.07, 6.45) is 3.39. The van der Waals surface area contributed by atoms with Crippen molar-refractivity contribution in [3.63, 3.8) is 0 Å². The molecule has 1 unspecified atom stereocenters. The third kappa shape index (κ3) is 4.70. The van der Waals surface area contributed by atoms with Gasteiger partial charge in [0.2, 0.25) is 0 Å². The zero-order chi connectivity index (χ0) is 17.5. The Morgan fingerprint density at radius 1 is 1.36 bits per heavy atom. The summed E-state index contributed by atoms with van der Waals surface area (Å²) in [4.78, 5) is 18.6. The van der Waals surface area contributed by atoms with Gasteiger partial charge in [-0.25, -0.2) is 4.79 Å². The normalized spacial score (nSPS) is 18.4. The highest BCUT2D eigenvalue weighted by Gasteiger charge is 2.28. The van der Waals surface area contributed by atoms with E-state index in [4.69, 9.17) is 4.74 Å². The van der Waals surface area contributed by atoms with Gasteiger partial charge in [-0.05, 0) is 24.6 Å². The first-order chi connectivity index (χ1) is 12.2. The van der Waals surface area contributed by atoms with Crippen molar-refractivity contribution in [1.82, 2.24) is 20.5 Å². The van der Waals surface area contributed by atoms with E-state index in [0.29, 0.717) is 25.4 Å². The van der Waals surface area contributed by atoms with E-state index in [1.54, 1.807) is 12.4 Å². The second kappa shape index (κ2) is 8.48. The fourth-order valence-corrected chi connectivity index (χ4v) is 2.90. The quantitative estimate of drug-likeness (QED) is 0.876. The first-order valence-corrected chi connectivity index (χ1v) is 8.59. The van der Waals surface area contributed by atoms with E-state index in [2.05, 4.69) is 15.6 Å². The number of hydrogen-bond acceptors (Lipinski definition) is 4. The minimum Gasteiger partial charge on any atom is -0.490 e. The van der Waals surface area contributed by atoms with Crippen LogP contribution in [0.4, 0.5) is 4.79 Å². The summed E-state index contributed by atoms with van der Waals surface area (Å²) in [5.41, 5.74) is 1.09. The highest BCUT2D eigenvalue weighted by Crippen LogP contribution is 2.14. The number of amides is 2. The van der Waals surface area contributed by atoms with E-state index in [1.165, 1.54) is 0 Å². The van der Waals surface area contributed by atoms with Crippen LogP contribution in [-0.4, -0.2) is 48.2 Å². The molecule has 2 heterocycles. The third-order valence-electron chi connectivity index (χ3n) is 4.33. The standard InChI is InChI=1S/C19H24N4O2/c1-15(16-6-3-2-4-7-16)22-19(24)23-11-10-21-12-17(23)14-25-18-8-5-9-20-13-18/h2-9,13,15,17,21H,10-12,14H2,1H3,(H,22,24)/t15-,17?/m0/s1. The number of carbonyl (C=O) groups is 1. The lowest BCUT2D eigenvalue weighted by molar-refractivity contribution is 0.122.